The van der Waals surface area contributed by atoms with Crippen LogP contribution in [0.1, 0.15) is 35.2 Å². The number of hydrogen-bond donors (Lipinski definition) is 0. The fraction of sp³-hybridized carbons (Fsp3) is 0.333. The molecule has 0 fully saturated rings. The van der Waals surface area contributed by atoms with Crippen LogP contribution in [0.5, 0.6) is 0 Å². The third kappa shape index (κ3) is 3.66. The van der Waals surface area contributed by atoms with Gasteiger partial charge in [0.2, 0.25) is 0 Å². The molecule has 0 saturated carbocycles. The number of carbonyl (C=O) groups is 1. The van der Waals surface area contributed by atoms with E-state index in [0.717, 1.165) is 45.4 Å². The molecule has 0 N–H and O–H groups in total. The predicted molar refractivity (Wildman–Crippen MR) is 104 cm³/mol. The first kappa shape index (κ1) is 17.5. The first-order valence-electron chi connectivity index (χ1n) is 9.11. The number of fused-ring (bicyclic) bond motifs is 2. The van der Waals surface area contributed by atoms with Crippen molar-refractivity contribution in [1.82, 2.24) is 14.8 Å². The smallest absolute Gasteiger partial charge is 0.138 e. The summed E-state index contributed by atoms with van der Waals surface area (Å²) in [6, 6.07) is 8.22. The SMILES string of the molecule is COCCCC(=O)Cc1cc2c(cn1)C(c1ccc3cn(C)nc3c1)=NC2. The van der Waals surface area contributed by atoms with Gasteiger partial charge in [-0.2, -0.15) is 5.10 Å². The van der Waals surface area contributed by atoms with Crippen molar-refractivity contribution in [3.63, 3.8) is 0 Å². The third-order valence-corrected chi connectivity index (χ3v) is 4.79. The average molecular weight is 362 g/mol. The first-order valence-corrected chi connectivity index (χ1v) is 9.11. The van der Waals surface area contributed by atoms with Crippen molar-refractivity contribution in [3.05, 3.63) is 59.0 Å². The quantitative estimate of drug-likeness (QED) is 0.606. The molecular formula is C21H22N4O2. The molecule has 0 aliphatic carbocycles. The molecule has 3 heterocycles. The van der Waals surface area contributed by atoms with Crippen LogP contribution >= 0.6 is 0 Å². The Hall–Kier alpha value is -2.86. The Morgan fingerprint density at radius 2 is 2.19 bits per heavy atom. The summed E-state index contributed by atoms with van der Waals surface area (Å²) < 4.78 is 6.81. The molecule has 0 saturated heterocycles. The number of benzene rings is 1. The minimum Gasteiger partial charge on any atom is -0.385 e. The normalized spacial score (nSPS) is 13.0. The second-order valence-corrected chi connectivity index (χ2v) is 6.89. The second-order valence-electron chi connectivity index (χ2n) is 6.89. The van der Waals surface area contributed by atoms with Crippen LogP contribution in [0.15, 0.2) is 41.7 Å². The molecule has 1 aliphatic heterocycles. The second kappa shape index (κ2) is 7.40. The fourth-order valence-electron chi connectivity index (χ4n) is 3.47. The summed E-state index contributed by atoms with van der Waals surface area (Å²) in [7, 11) is 3.57. The number of Topliss-reactive ketones (excluding diaryl/α,β-unsaturated/α-hetero) is 1. The molecule has 6 heteroatoms. The highest BCUT2D eigenvalue weighted by molar-refractivity contribution is 6.16. The van der Waals surface area contributed by atoms with Crippen LogP contribution in [0, 0.1) is 0 Å². The van der Waals surface area contributed by atoms with Crippen LogP contribution in [0.25, 0.3) is 10.9 Å². The van der Waals surface area contributed by atoms with Crippen molar-refractivity contribution < 1.29 is 9.53 Å². The minimum absolute atomic E-state index is 0.194. The van der Waals surface area contributed by atoms with Crippen LogP contribution in [0.2, 0.25) is 0 Å². The Bertz CT molecular complexity index is 1040. The van der Waals surface area contributed by atoms with Crippen molar-refractivity contribution in [2.24, 2.45) is 12.0 Å². The van der Waals surface area contributed by atoms with Crippen LogP contribution in [0.4, 0.5) is 0 Å². The number of methoxy groups -OCH3 is 1. The van der Waals surface area contributed by atoms with Gasteiger partial charge in [-0.25, -0.2) is 0 Å². The molecule has 2 aromatic heterocycles. The van der Waals surface area contributed by atoms with E-state index in [4.69, 9.17) is 9.73 Å². The van der Waals surface area contributed by atoms with Gasteiger partial charge in [-0.3, -0.25) is 19.5 Å². The summed E-state index contributed by atoms with van der Waals surface area (Å²) in [5, 5.41) is 5.59. The van der Waals surface area contributed by atoms with Crippen LogP contribution in [0.3, 0.4) is 0 Å². The molecule has 0 atom stereocenters. The highest BCUT2D eigenvalue weighted by Gasteiger charge is 2.19. The Kier molecular flexibility index (Phi) is 4.81. The molecule has 0 amide bonds. The zero-order valence-corrected chi connectivity index (χ0v) is 15.6. The van der Waals surface area contributed by atoms with Crippen molar-refractivity contribution in [2.45, 2.75) is 25.8 Å². The third-order valence-electron chi connectivity index (χ3n) is 4.79. The Labute approximate surface area is 157 Å². The molecule has 0 radical (unpaired) electrons. The number of ketones is 1. The fourth-order valence-corrected chi connectivity index (χ4v) is 3.47. The van der Waals surface area contributed by atoms with Crippen LogP contribution in [-0.2, 0) is 29.5 Å². The van der Waals surface area contributed by atoms with Crippen LogP contribution in [-0.4, -0.2) is 40.0 Å². The predicted octanol–water partition coefficient (Wildman–Crippen LogP) is 2.86. The lowest BCUT2D eigenvalue weighted by molar-refractivity contribution is -0.118. The molecular weight excluding hydrogens is 340 g/mol. The number of aliphatic imine (C=N–C) groups is 1. The Morgan fingerprint density at radius 3 is 3.04 bits per heavy atom. The largest absolute Gasteiger partial charge is 0.385 e. The van der Waals surface area contributed by atoms with Gasteiger partial charge in [0.25, 0.3) is 0 Å². The van der Waals surface area contributed by atoms with E-state index in [9.17, 15) is 4.79 Å². The highest BCUT2D eigenvalue weighted by atomic mass is 16.5. The van der Waals surface area contributed by atoms with E-state index in [1.54, 1.807) is 7.11 Å². The van der Waals surface area contributed by atoms with Crippen LogP contribution < -0.4 is 0 Å². The van der Waals surface area contributed by atoms with Gasteiger partial charge in [0.1, 0.15) is 5.78 Å². The van der Waals surface area contributed by atoms with E-state index in [1.807, 2.05) is 30.2 Å². The van der Waals surface area contributed by atoms with E-state index in [2.05, 4.69) is 28.3 Å². The maximum absolute atomic E-state index is 12.1. The Morgan fingerprint density at radius 1 is 1.30 bits per heavy atom. The van der Waals surface area contributed by atoms with E-state index in [-0.39, 0.29) is 5.78 Å². The number of pyridine rings is 1. The number of aromatic nitrogens is 3. The summed E-state index contributed by atoms with van der Waals surface area (Å²) in [5.74, 6) is 0.194. The van der Waals surface area contributed by atoms with Crippen molar-refractivity contribution in [2.75, 3.05) is 13.7 Å². The molecule has 6 nitrogen and oxygen atoms in total. The zero-order chi connectivity index (χ0) is 18.8. The summed E-state index contributed by atoms with van der Waals surface area (Å²) in [6.07, 6.45) is 5.50. The van der Waals surface area contributed by atoms with Crippen molar-refractivity contribution >= 4 is 22.4 Å². The number of ether oxygens (including phenoxy) is 1. The lowest BCUT2D eigenvalue weighted by Crippen LogP contribution is -2.08. The lowest BCUT2D eigenvalue weighted by Gasteiger charge is -2.06. The van der Waals surface area contributed by atoms with Gasteiger partial charge < -0.3 is 4.74 Å². The number of carbonyl (C=O) groups excluding carboxylic acids is 1. The van der Waals surface area contributed by atoms with Gasteiger partial charge in [-0.1, -0.05) is 12.1 Å². The summed E-state index contributed by atoms with van der Waals surface area (Å²) in [6.45, 7) is 1.24. The van der Waals surface area contributed by atoms with E-state index < -0.39 is 0 Å². The first-order chi connectivity index (χ1) is 13.1. The molecule has 1 aromatic carbocycles. The van der Waals surface area contributed by atoms with Gasteiger partial charge >= 0.3 is 0 Å². The molecule has 0 spiro atoms. The number of hydrogen-bond acceptors (Lipinski definition) is 5. The van der Waals surface area contributed by atoms with E-state index in [1.165, 1.54) is 0 Å². The monoisotopic (exact) mass is 362 g/mol. The molecule has 4 rings (SSSR count). The van der Waals surface area contributed by atoms with Gasteiger partial charge in [0.05, 0.1) is 17.8 Å². The number of nitrogens with zero attached hydrogens (tertiary/aromatic N) is 4. The molecule has 0 bridgehead atoms. The van der Waals surface area contributed by atoms with Crippen molar-refractivity contribution in [1.29, 1.82) is 0 Å². The average Bonchev–Trinajstić information content (AvgIpc) is 3.23. The van der Waals surface area contributed by atoms with Gasteiger partial charge in [0, 0.05) is 68.2 Å². The maximum Gasteiger partial charge on any atom is 0.138 e. The topological polar surface area (TPSA) is 69.4 Å². The lowest BCUT2D eigenvalue weighted by atomic mass is 10.00. The van der Waals surface area contributed by atoms with Crippen molar-refractivity contribution in [3.8, 4) is 0 Å². The molecule has 0 unspecified atom stereocenters. The zero-order valence-electron chi connectivity index (χ0n) is 15.6. The summed E-state index contributed by atoms with van der Waals surface area (Å²) in [5.41, 5.74) is 5.93. The number of rotatable bonds is 7. The van der Waals surface area contributed by atoms with Gasteiger partial charge in [-0.15, -0.1) is 0 Å². The van der Waals surface area contributed by atoms with Gasteiger partial charge in [0.15, 0.2) is 0 Å². The molecule has 3 aromatic rings. The molecule has 1 aliphatic rings. The minimum atomic E-state index is 0.194. The Balaban J connectivity index is 1.52. The van der Waals surface area contributed by atoms with Gasteiger partial charge in [-0.05, 0) is 24.1 Å². The summed E-state index contributed by atoms with van der Waals surface area (Å²) >= 11 is 0. The maximum atomic E-state index is 12.1. The standard InChI is InChI=1S/C21H22N4O2/c1-25-13-15-6-5-14(9-20(15)24-25)21-19-12-22-17(8-16(19)11-23-21)10-18(26)4-3-7-27-2/h5-6,8-9,12-13H,3-4,7,10-11H2,1-2H3. The molecule has 138 valence electrons. The molecule has 27 heavy (non-hydrogen) atoms. The summed E-state index contributed by atoms with van der Waals surface area (Å²) in [4.78, 5) is 21.3. The highest BCUT2D eigenvalue weighted by Crippen LogP contribution is 2.25. The van der Waals surface area contributed by atoms with E-state index >= 15 is 0 Å². The van der Waals surface area contributed by atoms with E-state index in [0.29, 0.717) is 26.0 Å². The number of aryl methyl sites for hydroxylation is 1.